The first-order chi connectivity index (χ1) is 15.9. The molecule has 4 N–H and O–H groups in total. The van der Waals surface area contributed by atoms with E-state index in [-0.39, 0.29) is 23.2 Å². The van der Waals surface area contributed by atoms with Crippen molar-refractivity contribution in [2.45, 2.75) is 0 Å². The molecule has 0 unspecified atom stereocenters. The van der Waals surface area contributed by atoms with Crippen molar-refractivity contribution < 1.29 is 22.7 Å². The third-order valence-electron chi connectivity index (χ3n) is 4.35. The van der Waals surface area contributed by atoms with Gasteiger partial charge < -0.3 is 21.1 Å². The SMILES string of the molecule is Nc1ncc(F)cc1-c1ccc(Oc2ncc(NC(=O)Nc3cccc(F)c3F)cn2)cc1. The van der Waals surface area contributed by atoms with Crippen molar-refractivity contribution in [2.24, 2.45) is 0 Å². The minimum atomic E-state index is -1.17. The lowest BCUT2D eigenvalue weighted by Crippen LogP contribution is -2.20. The van der Waals surface area contributed by atoms with Gasteiger partial charge in [-0.1, -0.05) is 18.2 Å². The molecule has 0 saturated heterocycles. The summed E-state index contributed by atoms with van der Waals surface area (Å²) in [5.74, 6) is -2.16. The van der Waals surface area contributed by atoms with E-state index in [0.717, 1.165) is 12.3 Å². The molecule has 166 valence electrons. The van der Waals surface area contributed by atoms with Crippen LogP contribution in [0.1, 0.15) is 0 Å². The molecule has 0 aliphatic rings. The smallest absolute Gasteiger partial charge is 0.323 e. The Morgan fingerprint density at radius 1 is 0.909 bits per heavy atom. The van der Waals surface area contributed by atoms with Gasteiger partial charge in [0.25, 0.3) is 0 Å². The van der Waals surface area contributed by atoms with Gasteiger partial charge in [-0.3, -0.25) is 0 Å². The van der Waals surface area contributed by atoms with Gasteiger partial charge >= 0.3 is 12.0 Å². The van der Waals surface area contributed by atoms with Gasteiger partial charge in [-0.15, -0.1) is 0 Å². The maximum Gasteiger partial charge on any atom is 0.323 e. The Kier molecular flexibility index (Phi) is 6.02. The molecule has 8 nitrogen and oxygen atoms in total. The van der Waals surface area contributed by atoms with E-state index in [0.29, 0.717) is 16.9 Å². The van der Waals surface area contributed by atoms with Gasteiger partial charge in [0.1, 0.15) is 17.4 Å². The Balaban J connectivity index is 1.38. The van der Waals surface area contributed by atoms with E-state index < -0.39 is 23.5 Å². The largest absolute Gasteiger partial charge is 0.424 e. The maximum absolute atomic E-state index is 13.6. The number of pyridine rings is 1. The third-order valence-corrected chi connectivity index (χ3v) is 4.35. The van der Waals surface area contributed by atoms with Crippen LogP contribution in [-0.4, -0.2) is 21.0 Å². The number of nitrogen functional groups attached to an aromatic ring is 1. The number of nitrogens with two attached hydrogens (primary N) is 1. The second-order valence-corrected chi connectivity index (χ2v) is 6.65. The number of hydrogen-bond acceptors (Lipinski definition) is 6. The Morgan fingerprint density at radius 2 is 1.64 bits per heavy atom. The van der Waals surface area contributed by atoms with Crippen LogP contribution < -0.4 is 21.1 Å². The predicted octanol–water partition coefficient (Wildman–Crippen LogP) is 4.97. The van der Waals surface area contributed by atoms with Crippen LogP contribution in [0.2, 0.25) is 0 Å². The summed E-state index contributed by atoms with van der Waals surface area (Å²) in [7, 11) is 0. The van der Waals surface area contributed by atoms with E-state index >= 15 is 0 Å². The summed E-state index contributed by atoms with van der Waals surface area (Å²) < 4.78 is 45.8. The molecule has 2 heterocycles. The number of carbonyl (C=O) groups excluding carboxylic acids is 1. The van der Waals surface area contributed by atoms with Crippen LogP contribution in [0.4, 0.5) is 35.2 Å². The minimum absolute atomic E-state index is 0.00295. The number of nitrogens with one attached hydrogen (secondary N) is 2. The second kappa shape index (κ2) is 9.22. The number of nitrogens with zero attached hydrogens (tertiary/aromatic N) is 3. The number of halogens is 3. The van der Waals surface area contributed by atoms with Crippen molar-refractivity contribution in [3.05, 3.63) is 84.6 Å². The fourth-order valence-corrected chi connectivity index (χ4v) is 2.81. The van der Waals surface area contributed by atoms with E-state index in [2.05, 4.69) is 25.6 Å². The Labute approximate surface area is 185 Å². The summed E-state index contributed by atoms with van der Waals surface area (Å²) >= 11 is 0. The molecule has 2 amide bonds. The predicted molar refractivity (Wildman–Crippen MR) is 115 cm³/mol. The number of benzene rings is 2. The lowest BCUT2D eigenvalue weighted by atomic mass is 10.1. The lowest BCUT2D eigenvalue weighted by molar-refractivity contribution is 0.262. The van der Waals surface area contributed by atoms with Crippen LogP contribution in [0, 0.1) is 17.5 Å². The van der Waals surface area contributed by atoms with Crippen LogP contribution >= 0.6 is 0 Å². The number of hydrogen-bond donors (Lipinski definition) is 3. The fourth-order valence-electron chi connectivity index (χ4n) is 2.81. The molecule has 0 fully saturated rings. The summed E-state index contributed by atoms with van der Waals surface area (Å²) in [5.41, 5.74) is 6.77. The van der Waals surface area contributed by atoms with Crippen molar-refractivity contribution in [2.75, 3.05) is 16.4 Å². The standard InChI is InChI=1S/C22H15F3N6O2/c23-13-8-16(20(26)27-9-13)12-4-6-15(7-5-12)33-22-28-10-14(11-29-22)30-21(32)31-18-3-1-2-17(24)19(18)25/h1-11H,(H2,26,27)(H2,30,31,32). The quantitative estimate of drug-likeness (QED) is 0.394. The molecule has 0 aliphatic heterocycles. The van der Waals surface area contributed by atoms with Crippen LogP contribution in [-0.2, 0) is 0 Å². The summed E-state index contributed by atoms with van der Waals surface area (Å²) in [5, 5.41) is 4.59. The molecule has 0 aliphatic carbocycles. The topological polar surface area (TPSA) is 115 Å². The zero-order chi connectivity index (χ0) is 23.4. The van der Waals surface area contributed by atoms with Gasteiger partial charge in [-0.25, -0.2) is 32.9 Å². The van der Waals surface area contributed by atoms with Gasteiger partial charge in [0.05, 0.1) is 30.0 Å². The van der Waals surface area contributed by atoms with Crippen molar-refractivity contribution in [1.29, 1.82) is 0 Å². The molecule has 2 aromatic carbocycles. The van der Waals surface area contributed by atoms with Crippen LogP contribution in [0.15, 0.2) is 67.1 Å². The number of aromatic nitrogens is 3. The highest BCUT2D eigenvalue weighted by Gasteiger charge is 2.11. The highest BCUT2D eigenvalue weighted by atomic mass is 19.2. The van der Waals surface area contributed by atoms with Gasteiger partial charge in [-0.05, 0) is 35.9 Å². The Morgan fingerprint density at radius 3 is 2.36 bits per heavy atom. The molecule has 2 aromatic heterocycles. The first kappa shape index (κ1) is 21.6. The van der Waals surface area contributed by atoms with Crippen LogP contribution in [0.5, 0.6) is 11.8 Å². The fraction of sp³-hybridized carbons (Fsp3) is 0. The third kappa shape index (κ3) is 5.15. The Bertz CT molecular complexity index is 1300. The summed E-state index contributed by atoms with van der Waals surface area (Å²) in [6.45, 7) is 0. The molecule has 0 spiro atoms. The van der Waals surface area contributed by atoms with Crippen molar-refractivity contribution >= 4 is 23.2 Å². The summed E-state index contributed by atoms with van der Waals surface area (Å²) in [6, 6.07) is 10.5. The van der Waals surface area contributed by atoms with E-state index in [9.17, 15) is 18.0 Å². The zero-order valence-electron chi connectivity index (χ0n) is 16.7. The van der Waals surface area contributed by atoms with E-state index in [4.69, 9.17) is 10.5 Å². The Hall–Kier alpha value is -4.67. The van der Waals surface area contributed by atoms with E-state index in [1.54, 1.807) is 24.3 Å². The molecule has 33 heavy (non-hydrogen) atoms. The molecular weight excluding hydrogens is 437 g/mol. The molecule has 0 bridgehead atoms. The number of rotatable bonds is 5. The van der Waals surface area contributed by atoms with Crippen LogP contribution in [0.25, 0.3) is 11.1 Å². The lowest BCUT2D eigenvalue weighted by Gasteiger charge is -2.09. The monoisotopic (exact) mass is 452 g/mol. The highest BCUT2D eigenvalue weighted by Crippen LogP contribution is 2.28. The van der Waals surface area contributed by atoms with Crippen molar-refractivity contribution in [3.63, 3.8) is 0 Å². The molecule has 4 aromatic rings. The normalized spacial score (nSPS) is 10.5. The summed E-state index contributed by atoms with van der Waals surface area (Å²) in [6.07, 6.45) is 3.59. The van der Waals surface area contributed by atoms with Crippen molar-refractivity contribution in [3.8, 4) is 22.9 Å². The van der Waals surface area contributed by atoms with Gasteiger partial charge in [0.15, 0.2) is 11.6 Å². The minimum Gasteiger partial charge on any atom is -0.424 e. The van der Waals surface area contributed by atoms with Crippen LogP contribution in [0.3, 0.4) is 0 Å². The second-order valence-electron chi connectivity index (χ2n) is 6.65. The maximum atomic E-state index is 13.6. The van der Waals surface area contributed by atoms with Crippen molar-refractivity contribution in [1.82, 2.24) is 15.0 Å². The number of carbonyl (C=O) groups is 1. The molecule has 0 saturated carbocycles. The van der Waals surface area contributed by atoms with Gasteiger partial charge in [0, 0.05) is 5.56 Å². The van der Waals surface area contributed by atoms with E-state index in [1.165, 1.54) is 30.6 Å². The molecule has 0 radical (unpaired) electrons. The number of amides is 2. The molecule has 0 atom stereocenters. The first-order valence-corrected chi connectivity index (χ1v) is 9.42. The highest BCUT2D eigenvalue weighted by molar-refractivity contribution is 5.99. The summed E-state index contributed by atoms with van der Waals surface area (Å²) in [4.78, 5) is 23.7. The van der Waals surface area contributed by atoms with E-state index in [1.807, 2.05) is 0 Å². The van der Waals surface area contributed by atoms with Gasteiger partial charge in [-0.2, -0.15) is 0 Å². The average molecular weight is 452 g/mol. The molecule has 11 heteroatoms. The number of urea groups is 1. The number of ether oxygens (including phenoxy) is 1. The first-order valence-electron chi connectivity index (χ1n) is 9.42. The zero-order valence-corrected chi connectivity index (χ0v) is 16.7. The molecular formula is C22H15F3N6O2. The molecule has 4 rings (SSSR count). The number of anilines is 3. The van der Waals surface area contributed by atoms with Gasteiger partial charge in [0.2, 0.25) is 0 Å². The average Bonchev–Trinajstić information content (AvgIpc) is 2.80.